The molecule has 0 radical (unpaired) electrons. The van der Waals surface area contributed by atoms with Gasteiger partial charge in [-0.15, -0.1) is 0 Å². The molecule has 0 bridgehead atoms. The third-order valence-electron chi connectivity index (χ3n) is 4.19. The number of nitrogens with zero attached hydrogens (tertiary/aromatic N) is 1. The van der Waals surface area contributed by atoms with Crippen molar-refractivity contribution in [1.29, 1.82) is 0 Å². The van der Waals surface area contributed by atoms with Gasteiger partial charge in [-0.1, -0.05) is 67.9 Å². The predicted octanol–water partition coefficient (Wildman–Crippen LogP) is 4.04. The number of hydrogen-bond acceptors (Lipinski definition) is 2. The maximum absolute atomic E-state index is 12.2. The highest BCUT2D eigenvalue weighted by atomic mass is 35.5. The zero-order valence-electron chi connectivity index (χ0n) is 14.4. The van der Waals surface area contributed by atoms with Crippen LogP contribution in [0.1, 0.15) is 30.5 Å². The number of nitrogens with one attached hydrogen (secondary N) is 1. The summed E-state index contributed by atoms with van der Waals surface area (Å²) in [6, 6.07) is 15.7. The fraction of sp³-hybridized carbons (Fsp3) is 0.350. The molecule has 0 fully saturated rings. The smallest absolute Gasteiger partial charge is 0.224 e. The topological polar surface area (TPSA) is 32.3 Å². The first kappa shape index (κ1) is 18.5. The molecule has 24 heavy (non-hydrogen) atoms. The van der Waals surface area contributed by atoms with E-state index in [-0.39, 0.29) is 5.91 Å². The van der Waals surface area contributed by atoms with Crippen LogP contribution in [0.2, 0.25) is 5.02 Å². The predicted molar refractivity (Wildman–Crippen MR) is 100 cm³/mol. The molecule has 3 nitrogen and oxygen atoms in total. The maximum atomic E-state index is 12.2. The summed E-state index contributed by atoms with van der Waals surface area (Å²) in [5.41, 5.74) is 3.28. The van der Waals surface area contributed by atoms with Gasteiger partial charge in [-0.3, -0.25) is 9.69 Å². The molecule has 128 valence electrons. The van der Waals surface area contributed by atoms with Gasteiger partial charge in [0.1, 0.15) is 0 Å². The Labute approximate surface area is 149 Å². The number of amides is 1. The van der Waals surface area contributed by atoms with Gasteiger partial charge in [0.2, 0.25) is 5.91 Å². The second-order valence-electron chi connectivity index (χ2n) is 5.78. The fourth-order valence-electron chi connectivity index (χ4n) is 2.64. The lowest BCUT2D eigenvalue weighted by Crippen LogP contribution is -2.27. The standard InChI is InChI=1S/C20H25ClN2O/c1-3-23(4-2)15-18-11-6-5-10-17(18)14-22-20(24)13-16-9-7-8-12-19(16)21/h5-12H,3-4,13-15H2,1-2H3,(H,22,24). The van der Waals surface area contributed by atoms with Gasteiger partial charge in [0, 0.05) is 18.1 Å². The van der Waals surface area contributed by atoms with Crippen LogP contribution in [-0.4, -0.2) is 23.9 Å². The van der Waals surface area contributed by atoms with Crippen molar-refractivity contribution in [3.05, 3.63) is 70.2 Å². The molecule has 0 aliphatic heterocycles. The third kappa shape index (κ3) is 5.36. The normalized spacial score (nSPS) is 10.8. The molecule has 0 unspecified atom stereocenters. The Bertz CT molecular complexity index is 668. The maximum Gasteiger partial charge on any atom is 0.224 e. The quantitative estimate of drug-likeness (QED) is 0.783. The van der Waals surface area contributed by atoms with E-state index >= 15 is 0 Å². The molecular formula is C20H25ClN2O. The number of halogens is 1. The van der Waals surface area contributed by atoms with E-state index < -0.39 is 0 Å². The van der Waals surface area contributed by atoms with Gasteiger partial charge in [0.15, 0.2) is 0 Å². The Balaban J connectivity index is 1.96. The lowest BCUT2D eigenvalue weighted by Gasteiger charge is -2.20. The van der Waals surface area contributed by atoms with Crippen LogP contribution in [-0.2, 0) is 24.3 Å². The van der Waals surface area contributed by atoms with Crippen molar-refractivity contribution >= 4 is 17.5 Å². The second kappa shape index (κ2) is 9.45. The molecule has 4 heteroatoms. The van der Waals surface area contributed by atoms with Gasteiger partial charge in [-0.05, 0) is 35.8 Å². The number of benzene rings is 2. The zero-order valence-corrected chi connectivity index (χ0v) is 15.1. The summed E-state index contributed by atoms with van der Waals surface area (Å²) in [4.78, 5) is 14.6. The molecular weight excluding hydrogens is 320 g/mol. The van der Waals surface area contributed by atoms with Crippen LogP contribution in [0.3, 0.4) is 0 Å². The van der Waals surface area contributed by atoms with Crippen LogP contribution in [0.25, 0.3) is 0 Å². The largest absolute Gasteiger partial charge is 0.352 e. The van der Waals surface area contributed by atoms with E-state index in [0.717, 1.165) is 30.8 Å². The van der Waals surface area contributed by atoms with Crippen LogP contribution in [0, 0.1) is 0 Å². The molecule has 0 atom stereocenters. The second-order valence-corrected chi connectivity index (χ2v) is 6.18. The lowest BCUT2D eigenvalue weighted by atomic mass is 10.1. The van der Waals surface area contributed by atoms with Crippen molar-refractivity contribution in [2.24, 2.45) is 0 Å². The average molecular weight is 345 g/mol. The first-order valence-corrected chi connectivity index (χ1v) is 8.81. The lowest BCUT2D eigenvalue weighted by molar-refractivity contribution is -0.120. The third-order valence-corrected chi connectivity index (χ3v) is 4.56. The molecule has 2 aromatic carbocycles. The summed E-state index contributed by atoms with van der Waals surface area (Å²) in [5, 5.41) is 3.64. The Morgan fingerprint density at radius 3 is 2.17 bits per heavy atom. The van der Waals surface area contributed by atoms with Crippen molar-refractivity contribution in [2.75, 3.05) is 13.1 Å². The molecule has 2 aromatic rings. The van der Waals surface area contributed by atoms with Crippen molar-refractivity contribution in [1.82, 2.24) is 10.2 Å². The van der Waals surface area contributed by atoms with E-state index in [4.69, 9.17) is 11.6 Å². The summed E-state index contributed by atoms with van der Waals surface area (Å²) < 4.78 is 0. The van der Waals surface area contributed by atoms with Gasteiger partial charge in [-0.25, -0.2) is 0 Å². The molecule has 1 N–H and O–H groups in total. The highest BCUT2D eigenvalue weighted by Crippen LogP contribution is 2.16. The van der Waals surface area contributed by atoms with E-state index in [2.05, 4.69) is 36.2 Å². The van der Waals surface area contributed by atoms with Gasteiger partial charge < -0.3 is 5.32 Å². The van der Waals surface area contributed by atoms with Crippen molar-refractivity contribution in [3.8, 4) is 0 Å². The van der Waals surface area contributed by atoms with Crippen molar-refractivity contribution in [3.63, 3.8) is 0 Å². The van der Waals surface area contributed by atoms with Crippen molar-refractivity contribution in [2.45, 2.75) is 33.4 Å². The molecule has 0 spiro atoms. The first-order chi connectivity index (χ1) is 11.6. The molecule has 0 saturated heterocycles. The summed E-state index contributed by atoms with van der Waals surface area (Å²) in [6.07, 6.45) is 0.303. The van der Waals surface area contributed by atoms with Crippen LogP contribution in [0.4, 0.5) is 0 Å². The summed E-state index contributed by atoms with van der Waals surface area (Å²) >= 11 is 6.11. The molecule has 0 heterocycles. The van der Waals surface area contributed by atoms with Crippen LogP contribution >= 0.6 is 11.6 Å². The Hall–Kier alpha value is -1.84. The number of carbonyl (C=O) groups excluding carboxylic acids is 1. The highest BCUT2D eigenvalue weighted by molar-refractivity contribution is 6.31. The minimum absolute atomic E-state index is 0.0132. The Kier molecular flexibility index (Phi) is 7.29. The summed E-state index contributed by atoms with van der Waals surface area (Å²) in [6.45, 7) is 7.81. The SMILES string of the molecule is CCN(CC)Cc1ccccc1CNC(=O)Cc1ccccc1Cl. The van der Waals surface area contributed by atoms with Crippen LogP contribution < -0.4 is 5.32 Å². The Morgan fingerprint density at radius 2 is 1.54 bits per heavy atom. The van der Waals surface area contributed by atoms with E-state index in [1.807, 2.05) is 36.4 Å². The number of carbonyl (C=O) groups is 1. The van der Waals surface area contributed by atoms with Crippen molar-refractivity contribution < 1.29 is 4.79 Å². The number of hydrogen-bond donors (Lipinski definition) is 1. The van der Waals surface area contributed by atoms with Gasteiger partial charge in [0.05, 0.1) is 6.42 Å². The summed E-state index contributed by atoms with van der Waals surface area (Å²) in [5.74, 6) is -0.0132. The molecule has 0 aliphatic carbocycles. The molecule has 1 amide bonds. The molecule has 2 rings (SSSR count). The van der Waals surface area contributed by atoms with E-state index in [0.29, 0.717) is 18.0 Å². The highest BCUT2D eigenvalue weighted by Gasteiger charge is 2.09. The minimum Gasteiger partial charge on any atom is -0.352 e. The van der Waals surface area contributed by atoms with Crippen LogP contribution in [0.15, 0.2) is 48.5 Å². The van der Waals surface area contributed by atoms with Gasteiger partial charge >= 0.3 is 0 Å². The van der Waals surface area contributed by atoms with E-state index in [1.165, 1.54) is 5.56 Å². The monoisotopic (exact) mass is 344 g/mol. The average Bonchev–Trinajstić information content (AvgIpc) is 2.60. The number of rotatable bonds is 8. The molecule has 0 saturated carbocycles. The van der Waals surface area contributed by atoms with E-state index in [1.54, 1.807) is 0 Å². The fourth-order valence-corrected chi connectivity index (χ4v) is 2.85. The van der Waals surface area contributed by atoms with Crippen LogP contribution in [0.5, 0.6) is 0 Å². The van der Waals surface area contributed by atoms with Gasteiger partial charge in [0.25, 0.3) is 0 Å². The molecule has 0 aliphatic rings. The summed E-state index contributed by atoms with van der Waals surface area (Å²) in [7, 11) is 0. The van der Waals surface area contributed by atoms with E-state index in [9.17, 15) is 4.79 Å². The minimum atomic E-state index is -0.0132. The van der Waals surface area contributed by atoms with Gasteiger partial charge in [-0.2, -0.15) is 0 Å². The molecule has 0 aromatic heterocycles. The Morgan fingerprint density at radius 1 is 0.958 bits per heavy atom. The first-order valence-electron chi connectivity index (χ1n) is 8.43. The zero-order chi connectivity index (χ0) is 17.4.